The molecule has 0 aliphatic heterocycles. The van der Waals surface area contributed by atoms with Crippen LogP contribution in [0.2, 0.25) is 5.02 Å². The van der Waals surface area contributed by atoms with E-state index in [0.717, 1.165) is 11.1 Å². The van der Waals surface area contributed by atoms with Crippen LogP contribution in [-0.4, -0.2) is 5.91 Å². The van der Waals surface area contributed by atoms with E-state index in [9.17, 15) is 9.59 Å². The maximum absolute atomic E-state index is 12.6. The number of nitrogens with one attached hydrogen (secondary N) is 1. The molecule has 1 aromatic heterocycles. The molecule has 0 saturated heterocycles. The molecule has 0 unspecified atom stereocenters. The number of amides is 1. The lowest BCUT2D eigenvalue weighted by Crippen LogP contribution is -2.08. The molecule has 4 rings (SSSR count). The number of hydrogen-bond acceptors (Lipinski definition) is 3. The lowest BCUT2D eigenvalue weighted by molar-refractivity contribution is -0.111. The van der Waals surface area contributed by atoms with Crippen molar-refractivity contribution in [2.24, 2.45) is 0 Å². The number of hydrogen-bond donors (Lipinski definition) is 1. The monoisotopic (exact) mass is 389 g/mol. The number of carbonyl (C=O) groups excluding carboxylic acids is 1. The Kier molecular flexibility index (Phi) is 4.72. The van der Waals surface area contributed by atoms with Crippen molar-refractivity contribution in [3.8, 4) is 0 Å². The van der Waals surface area contributed by atoms with Gasteiger partial charge in [0.15, 0.2) is 5.58 Å². The Balaban J connectivity index is 1.63. The first-order valence-electron chi connectivity index (χ1n) is 8.72. The SMILES string of the molecule is Cc1ccc(/C=C/C(=O)Nc2ccc3c(=O)c4cccc(Cl)c4oc3c2)cc1. The Morgan fingerprint density at radius 1 is 1.04 bits per heavy atom. The van der Waals surface area contributed by atoms with E-state index in [4.69, 9.17) is 16.0 Å². The van der Waals surface area contributed by atoms with Crippen molar-refractivity contribution in [3.63, 3.8) is 0 Å². The van der Waals surface area contributed by atoms with Crippen molar-refractivity contribution < 1.29 is 9.21 Å². The van der Waals surface area contributed by atoms with Crippen molar-refractivity contribution in [3.05, 3.63) is 93.1 Å². The second-order valence-electron chi connectivity index (χ2n) is 6.49. The first kappa shape index (κ1) is 18.0. The van der Waals surface area contributed by atoms with Crippen LogP contribution in [0.1, 0.15) is 11.1 Å². The molecule has 1 heterocycles. The molecule has 5 heteroatoms. The predicted octanol–water partition coefficient (Wildman–Crippen LogP) is 5.56. The van der Waals surface area contributed by atoms with Crippen LogP contribution in [0.25, 0.3) is 28.0 Å². The minimum Gasteiger partial charge on any atom is -0.454 e. The van der Waals surface area contributed by atoms with E-state index >= 15 is 0 Å². The van der Waals surface area contributed by atoms with E-state index < -0.39 is 0 Å². The molecule has 0 aliphatic rings. The fourth-order valence-electron chi connectivity index (χ4n) is 2.95. The summed E-state index contributed by atoms with van der Waals surface area (Å²) in [5, 5.41) is 4.01. The van der Waals surface area contributed by atoms with E-state index in [-0.39, 0.29) is 11.3 Å². The normalized spacial score (nSPS) is 11.4. The molecule has 1 N–H and O–H groups in total. The molecule has 4 nitrogen and oxygen atoms in total. The number of anilines is 1. The summed E-state index contributed by atoms with van der Waals surface area (Å²) in [5.74, 6) is -0.277. The van der Waals surface area contributed by atoms with Gasteiger partial charge >= 0.3 is 0 Å². The second-order valence-corrected chi connectivity index (χ2v) is 6.90. The Bertz CT molecular complexity index is 1290. The van der Waals surface area contributed by atoms with Gasteiger partial charge in [-0.2, -0.15) is 0 Å². The van der Waals surface area contributed by atoms with E-state index in [2.05, 4.69) is 5.32 Å². The molecular weight excluding hydrogens is 374 g/mol. The number of fused-ring (bicyclic) bond motifs is 2. The van der Waals surface area contributed by atoms with Gasteiger partial charge in [-0.15, -0.1) is 0 Å². The molecule has 0 saturated carbocycles. The van der Waals surface area contributed by atoms with Crippen LogP contribution in [0.5, 0.6) is 0 Å². The maximum Gasteiger partial charge on any atom is 0.248 e. The predicted molar refractivity (Wildman–Crippen MR) is 114 cm³/mol. The average Bonchev–Trinajstić information content (AvgIpc) is 2.68. The van der Waals surface area contributed by atoms with Gasteiger partial charge in [0.05, 0.1) is 15.8 Å². The fourth-order valence-corrected chi connectivity index (χ4v) is 3.17. The quantitative estimate of drug-likeness (QED) is 0.368. The van der Waals surface area contributed by atoms with Crippen molar-refractivity contribution in [2.75, 3.05) is 5.32 Å². The number of rotatable bonds is 3. The summed E-state index contributed by atoms with van der Waals surface area (Å²) < 4.78 is 5.82. The second kappa shape index (κ2) is 7.33. The van der Waals surface area contributed by atoms with Crippen LogP contribution in [-0.2, 0) is 4.79 Å². The zero-order chi connectivity index (χ0) is 19.7. The highest BCUT2D eigenvalue weighted by atomic mass is 35.5. The van der Waals surface area contributed by atoms with Gasteiger partial charge in [0.2, 0.25) is 11.3 Å². The number of aryl methyl sites for hydroxylation is 1. The summed E-state index contributed by atoms with van der Waals surface area (Å²) in [4.78, 5) is 24.9. The van der Waals surface area contributed by atoms with Crippen molar-refractivity contribution in [1.29, 1.82) is 0 Å². The van der Waals surface area contributed by atoms with Gasteiger partial charge in [0.25, 0.3) is 0 Å². The van der Waals surface area contributed by atoms with E-state index in [1.165, 1.54) is 6.08 Å². The highest BCUT2D eigenvalue weighted by Crippen LogP contribution is 2.26. The standard InChI is InChI=1S/C23H16ClNO3/c1-14-5-7-15(8-6-14)9-12-21(26)25-16-10-11-17-20(13-16)28-23-18(22(17)27)3-2-4-19(23)24/h2-13H,1H3,(H,25,26)/b12-9+. The molecule has 0 spiro atoms. The van der Waals surface area contributed by atoms with Crippen LogP contribution in [0.4, 0.5) is 5.69 Å². The molecule has 3 aromatic carbocycles. The van der Waals surface area contributed by atoms with Gasteiger partial charge in [-0.1, -0.05) is 47.5 Å². The molecule has 28 heavy (non-hydrogen) atoms. The molecule has 0 fully saturated rings. The summed E-state index contributed by atoms with van der Waals surface area (Å²) in [7, 11) is 0. The topological polar surface area (TPSA) is 59.3 Å². The van der Waals surface area contributed by atoms with Crippen LogP contribution < -0.4 is 10.7 Å². The zero-order valence-corrected chi connectivity index (χ0v) is 15.8. The van der Waals surface area contributed by atoms with Crippen LogP contribution >= 0.6 is 11.6 Å². The highest BCUT2D eigenvalue weighted by molar-refractivity contribution is 6.34. The molecule has 4 aromatic rings. The summed E-state index contributed by atoms with van der Waals surface area (Å²) in [6.07, 6.45) is 3.20. The lowest BCUT2D eigenvalue weighted by Gasteiger charge is -2.06. The molecule has 1 amide bonds. The third-order valence-corrected chi connectivity index (χ3v) is 4.72. The summed E-state index contributed by atoms with van der Waals surface area (Å²) in [5.41, 5.74) is 3.17. The summed E-state index contributed by atoms with van der Waals surface area (Å²) >= 11 is 6.15. The molecule has 0 aliphatic carbocycles. The number of carbonyl (C=O) groups is 1. The van der Waals surface area contributed by atoms with Crippen LogP contribution in [0.3, 0.4) is 0 Å². The first-order chi connectivity index (χ1) is 13.5. The number of halogens is 1. The highest BCUT2D eigenvalue weighted by Gasteiger charge is 2.11. The van der Waals surface area contributed by atoms with Crippen molar-refractivity contribution in [2.45, 2.75) is 6.92 Å². The van der Waals surface area contributed by atoms with Gasteiger partial charge in [-0.3, -0.25) is 9.59 Å². The Hall–Kier alpha value is -3.37. The third-order valence-electron chi connectivity index (χ3n) is 4.42. The van der Waals surface area contributed by atoms with Gasteiger partial charge in [-0.25, -0.2) is 0 Å². The van der Waals surface area contributed by atoms with Gasteiger partial charge in [0, 0.05) is 17.8 Å². The van der Waals surface area contributed by atoms with Crippen LogP contribution in [0.15, 0.2) is 76.0 Å². The van der Waals surface area contributed by atoms with Gasteiger partial charge in [0.1, 0.15) is 5.58 Å². The Labute approximate surface area is 166 Å². The summed E-state index contributed by atoms with van der Waals surface area (Å²) in [6, 6.07) is 17.8. The first-order valence-corrected chi connectivity index (χ1v) is 9.10. The lowest BCUT2D eigenvalue weighted by atomic mass is 10.1. The van der Waals surface area contributed by atoms with Gasteiger partial charge < -0.3 is 9.73 Å². The molecule has 138 valence electrons. The Morgan fingerprint density at radius 2 is 1.82 bits per heavy atom. The fraction of sp³-hybridized carbons (Fsp3) is 0.0435. The zero-order valence-electron chi connectivity index (χ0n) is 15.0. The average molecular weight is 390 g/mol. The minimum atomic E-state index is -0.277. The smallest absolute Gasteiger partial charge is 0.248 e. The van der Waals surface area contributed by atoms with Crippen molar-refractivity contribution >= 4 is 51.2 Å². The van der Waals surface area contributed by atoms with E-state index in [0.29, 0.717) is 32.6 Å². The summed E-state index contributed by atoms with van der Waals surface area (Å²) in [6.45, 7) is 2.01. The van der Waals surface area contributed by atoms with Gasteiger partial charge in [-0.05, 0) is 42.8 Å². The van der Waals surface area contributed by atoms with Crippen molar-refractivity contribution in [1.82, 2.24) is 0 Å². The van der Waals surface area contributed by atoms with E-state index in [1.807, 2.05) is 31.2 Å². The molecule has 0 atom stereocenters. The number of benzene rings is 3. The van der Waals surface area contributed by atoms with Crippen LogP contribution in [0, 0.1) is 6.92 Å². The molecule has 0 bridgehead atoms. The molecule has 0 radical (unpaired) electrons. The molecular formula is C23H16ClNO3. The third kappa shape index (κ3) is 3.55. The maximum atomic E-state index is 12.6. The minimum absolute atomic E-state index is 0.157. The largest absolute Gasteiger partial charge is 0.454 e. The van der Waals surface area contributed by atoms with E-state index in [1.54, 1.807) is 42.5 Å². The number of para-hydroxylation sites is 1. The Morgan fingerprint density at radius 3 is 2.61 bits per heavy atom.